The molecule has 0 radical (unpaired) electrons. The Balaban J connectivity index is 2.44. The van der Waals surface area contributed by atoms with Crippen molar-refractivity contribution < 1.29 is 19.0 Å². The van der Waals surface area contributed by atoms with E-state index < -0.39 is 5.97 Å². The van der Waals surface area contributed by atoms with Crippen LogP contribution in [-0.4, -0.2) is 24.3 Å². The summed E-state index contributed by atoms with van der Waals surface area (Å²) in [5.41, 5.74) is 0.376. The number of methoxy groups -OCH3 is 1. The molecule has 1 heterocycles. The van der Waals surface area contributed by atoms with Gasteiger partial charge >= 0.3 is 5.97 Å². The lowest BCUT2D eigenvalue weighted by molar-refractivity contribution is -0.132. The fraction of sp³-hybridized carbons (Fsp3) is 0.583. The van der Waals surface area contributed by atoms with Crippen LogP contribution in [0.5, 0.6) is 17.2 Å². The quantitative estimate of drug-likeness (QED) is 0.319. The molecule has 0 aliphatic rings. The number of rotatable bonds is 13. The highest BCUT2D eigenvalue weighted by atomic mass is 16.6. The number of carbonyl (C=O) groups is 1. The summed E-state index contributed by atoms with van der Waals surface area (Å²) in [6, 6.07) is 5.62. The van der Waals surface area contributed by atoms with E-state index >= 15 is 0 Å². The summed E-state index contributed by atoms with van der Waals surface area (Å²) in [7, 11) is 1.48. The van der Waals surface area contributed by atoms with E-state index in [1.807, 2.05) is 18.2 Å². The van der Waals surface area contributed by atoms with E-state index in [1.165, 1.54) is 26.9 Å². The minimum Gasteiger partial charge on any atom is -0.494 e. The van der Waals surface area contributed by atoms with E-state index in [0.717, 1.165) is 55.2 Å². The zero-order chi connectivity index (χ0) is 21.9. The van der Waals surface area contributed by atoms with Crippen molar-refractivity contribution in [2.45, 2.75) is 78.7 Å². The van der Waals surface area contributed by atoms with Crippen LogP contribution in [0.15, 0.2) is 23.0 Å². The molecule has 0 fully saturated rings. The summed E-state index contributed by atoms with van der Waals surface area (Å²) in [4.78, 5) is 24.8. The Labute approximate surface area is 179 Å². The third kappa shape index (κ3) is 6.25. The second-order valence-electron chi connectivity index (χ2n) is 7.56. The van der Waals surface area contributed by atoms with Crippen molar-refractivity contribution in [1.29, 1.82) is 0 Å². The smallest absolute Gasteiger partial charge is 0.308 e. The van der Waals surface area contributed by atoms with Gasteiger partial charge in [-0.15, -0.1) is 0 Å². The van der Waals surface area contributed by atoms with Crippen LogP contribution in [0, 0.1) is 0 Å². The molecular formula is C24H35NO5. The van der Waals surface area contributed by atoms with Crippen LogP contribution < -0.4 is 19.8 Å². The van der Waals surface area contributed by atoms with Crippen LogP contribution in [0.3, 0.4) is 0 Å². The van der Waals surface area contributed by atoms with Gasteiger partial charge in [0.2, 0.25) is 5.75 Å². The first-order chi connectivity index (χ1) is 14.5. The molecule has 6 nitrogen and oxygen atoms in total. The van der Waals surface area contributed by atoms with Crippen LogP contribution >= 0.6 is 0 Å². The Bertz CT molecular complexity index is 887. The van der Waals surface area contributed by atoms with Gasteiger partial charge in [0, 0.05) is 24.9 Å². The van der Waals surface area contributed by atoms with Gasteiger partial charge < -0.3 is 18.8 Å². The molecule has 166 valence electrons. The van der Waals surface area contributed by atoms with Gasteiger partial charge in [-0.1, -0.05) is 52.4 Å². The van der Waals surface area contributed by atoms with Crippen LogP contribution in [0.1, 0.15) is 72.1 Å². The molecule has 0 unspecified atom stereocenters. The third-order valence-corrected chi connectivity index (χ3v) is 5.10. The lowest BCUT2D eigenvalue weighted by atomic mass is 10.1. The number of hydrogen-bond donors (Lipinski definition) is 0. The number of benzene rings is 1. The first-order valence-corrected chi connectivity index (χ1v) is 11.1. The number of fused-ring (bicyclic) bond motifs is 1. The van der Waals surface area contributed by atoms with Gasteiger partial charge in [0.15, 0.2) is 5.75 Å². The van der Waals surface area contributed by atoms with Crippen LogP contribution in [-0.2, 0) is 11.3 Å². The summed E-state index contributed by atoms with van der Waals surface area (Å²) < 4.78 is 18.3. The largest absolute Gasteiger partial charge is 0.494 e. The number of carbonyl (C=O) groups excluding carboxylic acids is 1. The highest BCUT2D eigenvalue weighted by molar-refractivity contribution is 5.90. The highest BCUT2D eigenvalue weighted by Gasteiger charge is 2.21. The molecule has 0 bridgehead atoms. The Hall–Kier alpha value is -2.50. The van der Waals surface area contributed by atoms with E-state index in [-0.39, 0.29) is 17.1 Å². The van der Waals surface area contributed by atoms with Gasteiger partial charge in [-0.3, -0.25) is 9.59 Å². The first kappa shape index (κ1) is 23.8. The third-order valence-electron chi connectivity index (χ3n) is 5.10. The Morgan fingerprint density at radius 2 is 1.67 bits per heavy atom. The average Bonchev–Trinajstić information content (AvgIpc) is 2.73. The van der Waals surface area contributed by atoms with E-state index in [4.69, 9.17) is 14.2 Å². The molecule has 0 aliphatic carbocycles. The monoisotopic (exact) mass is 417 g/mol. The maximum absolute atomic E-state index is 13.2. The molecular weight excluding hydrogens is 382 g/mol. The van der Waals surface area contributed by atoms with Crippen molar-refractivity contribution in [2.75, 3.05) is 13.7 Å². The zero-order valence-electron chi connectivity index (χ0n) is 18.8. The lowest BCUT2D eigenvalue weighted by Crippen LogP contribution is -2.24. The van der Waals surface area contributed by atoms with E-state index in [0.29, 0.717) is 13.2 Å². The summed E-state index contributed by atoms with van der Waals surface area (Å²) in [5, 5.41) is 0.724. The fourth-order valence-corrected chi connectivity index (χ4v) is 3.54. The van der Waals surface area contributed by atoms with Gasteiger partial charge in [-0.05, 0) is 25.0 Å². The van der Waals surface area contributed by atoms with Crippen molar-refractivity contribution in [3.05, 3.63) is 28.6 Å². The van der Waals surface area contributed by atoms with E-state index in [9.17, 15) is 9.59 Å². The van der Waals surface area contributed by atoms with Crippen LogP contribution in [0.4, 0.5) is 0 Å². The van der Waals surface area contributed by atoms with Crippen molar-refractivity contribution in [3.63, 3.8) is 0 Å². The summed E-state index contributed by atoms with van der Waals surface area (Å²) >= 11 is 0. The number of aryl methyl sites for hydroxylation is 1. The molecule has 6 heteroatoms. The predicted octanol–water partition coefficient (Wildman–Crippen LogP) is 5.47. The minimum absolute atomic E-state index is 0.0544. The summed E-state index contributed by atoms with van der Waals surface area (Å²) in [6.07, 6.45) is 8.68. The molecule has 0 aliphatic heterocycles. The van der Waals surface area contributed by atoms with Crippen LogP contribution in [0.2, 0.25) is 0 Å². The van der Waals surface area contributed by atoms with Crippen LogP contribution in [0.25, 0.3) is 10.9 Å². The van der Waals surface area contributed by atoms with Crippen molar-refractivity contribution in [1.82, 2.24) is 4.57 Å². The summed E-state index contributed by atoms with van der Waals surface area (Å²) in [6.45, 7) is 6.81. The second-order valence-corrected chi connectivity index (χ2v) is 7.56. The Kier molecular flexibility index (Phi) is 9.71. The Morgan fingerprint density at radius 1 is 0.967 bits per heavy atom. The van der Waals surface area contributed by atoms with Gasteiger partial charge in [-0.25, -0.2) is 0 Å². The molecule has 1 aromatic carbocycles. The molecule has 1 aromatic heterocycles. The Morgan fingerprint density at radius 3 is 2.30 bits per heavy atom. The molecule has 30 heavy (non-hydrogen) atoms. The van der Waals surface area contributed by atoms with E-state index in [2.05, 4.69) is 13.8 Å². The standard InChI is InChI=1S/C24H35NO5/c1-5-7-9-11-15-25-21-17-19(29-16-12-10-8-6-2)13-14-20(21)22(28-4)23(24(25)27)30-18(3)26/h13-14,17H,5-12,15-16H2,1-4H3. The molecule has 0 atom stereocenters. The number of aromatic nitrogens is 1. The maximum atomic E-state index is 13.2. The molecule has 0 saturated carbocycles. The van der Waals surface area contributed by atoms with Crippen molar-refractivity contribution >= 4 is 16.9 Å². The first-order valence-electron chi connectivity index (χ1n) is 11.1. The van der Waals surface area contributed by atoms with E-state index in [1.54, 1.807) is 4.57 Å². The average molecular weight is 418 g/mol. The minimum atomic E-state index is -0.547. The predicted molar refractivity (Wildman–Crippen MR) is 120 cm³/mol. The molecule has 0 amide bonds. The normalized spacial score (nSPS) is 10.9. The second kappa shape index (κ2) is 12.3. The lowest BCUT2D eigenvalue weighted by Gasteiger charge is -2.17. The van der Waals surface area contributed by atoms with Crippen molar-refractivity contribution in [3.8, 4) is 17.2 Å². The molecule has 2 rings (SSSR count). The molecule has 0 spiro atoms. The number of nitrogens with zero attached hydrogens (tertiary/aromatic N) is 1. The SMILES string of the molecule is CCCCCCOc1ccc2c(OC)c(OC(C)=O)c(=O)n(CCCCCC)c2c1. The van der Waals surface area contributed by atoms with Gasteiger partial charge in [0.25, 0.3) is 5.56 Å². The molecule has 2 aromatic rings. The molecule has 0 N–H and O–H groups in total. The van der Waals surface area contributed by atoms with Gasteiger partial charge in [0.05, 0.1) is 19.2 Å². The number of hydrogen-bond acceptors (Lipinski definition) is 5. The zero-order valence-corrected chi connectivity index (χ0v) is 18.8. The number of pyridine rings is 1. The number of unbranched alkanes of at least 4 members (excludes halogenated alkanes) is 6. The number of esters is 1. The molecule has 0 saturated heterocycles. The highest BCUT2D eigenvalue weighted by Crippen LogP contribution is 2.34. The van der Waals surface area contributed by atoms with Crippen molar-refractivity contribution in [2.24, 2.45) is 0 Å². The fourth-order valence-electron chi connectivity index (χ4n) is 3.54. The maximum Gasteiger partial charge on any atom is 0.308 e. The van der Waals surface area contributed by atoms with Gasteiger partial charge in [0.1, 0.15) is 5.75 Å². The van der Waals surface area contributed by atoms with Gasteiger partial charge in [-0.2, -0.15) is 0 Å². The topological polar surface area (TPSA) is 66.8 Å². The summed E-state index contributed by atoms with van der Waals surface area (Å²) in [5.74, 6) is 0.406. The number of ether oxygens (including phenoxy) is 3.